The van der Waals surface area contributed by atoms with Crippen molar-refractivity contribution in [1.82, 2.24) is 5.32 Å². The van der Waals surface area contributed by atoms with E-state index in [0.29, 0.717) is 0 Å². The molecule has 0 aliphatic heterocycles. The molecular formula is C16H25N. The zero-order valence-electron chi connectivity index (χ0n) is 11.4. The summed E-state index contributed by atoms with van der Waals surface area (Å²) in [6, 6.07) is 7.64. The predicted molar refractivity (Wildman–Crippen MR) is 74.6 cm³/mol. The molecule has 0 bridgehead atoms. The highest BCUT2D eigenvalue weighted by Crippen LogP contribution is 2.34. The molecule has 1 aliphatic carbocycles. The first-order chi connectivity index (χ1) is 8.20. The van der Waals surface area contributed by atoms with Crippen LogP contribution in [0.25, 0.3) is 0 Å². The zero-order chi connectivity index (χ0) is 12.3. The fraction of sp³-hybridized carbons (Fsp3) is 0.625. The van der Waals surface area contributed by atoms with Crippen LogP contribution in [0.4, 0.5) is 0 Å². The molecule has 0 aromatic heterocycles. The Morgan fingerprint density at radius 1 is 1.24 bits per heavy atom. The molecule has 1 aromatic carbocycles. The van der Waals surface area contributed by atoms with Crippen molar-refractivity contribution in [2.24, 2.45) is 0 Å². The van der Waals surface area contributed by atoms with Crippen LogP contribution < -0.4 is 5.32 Å². The number of aryl methyl sites for hydroxylation is 2. The van der Waals surface area contributed by atoms with Gasteiger partial charge in [-0.15, -0.1) is 0 Å². The molecule has 94 valence electrons. The van der Waals surface area contributed by atoms with Crippen molar-refractivity contribution < 1.29 is 0 Å². The van der Waals surface area contributed by atoms with E-state index >= 15 is 0 Å². The fourth-order valence-electron chi connectivity index (χ4n) is 3.15. The van der Waals surface area contributed by atoms with E-state index in [9.17, 15) is 0 Å². The molecule has 0 amide bonds. The highest BCUT2D eigenvalue weighted by molar-refractivity contribution is 5.33. The van der Waals surface area contributed by atoms with Crippen LogP contribution in [0.15, 0.2) is 18.2 Å². The Kier molecular flexibility index (Phi) is 4.22. The van der Waals surface area contributed by atoms with Crippen molar-refractivity contribution in [3.05, 3.63) is 34.9 Å². The Bertz CT molecular complexity index is 368. The van der Waals surface area contributed by atoms with Gasteiger partial charge in [0.25, 0.3) is 0 Å². The molecule has 1 heteroatoms. The molecule has 17 heavy (non-hydrogen) atoms. The lowest BCUT2D eigenvalue weighted by atomic mass is 9.79. The molecule has 0 heterocycles. The molecule has 1 aliphatic rings. The van der Waals surface area contributed by atoms with Crippen LogP contribution in [0.2, 0.25) is 0 Å². The molecule has 1 saturated carbocycles. The Balaban J connectivity index is 2.13. The standard InChI is InChI=1S/C16H25N/c1-4-17-15-7-5-6-14(11-15)16-10-12(2)8-9-13(16)3/h8-10,14-15,17H,4-7,11H2,1-3H3. The fourth-order valence-corrected chi connectivity index (χ4v) is 3.15. The Morgan fingerprint density at radius 2 is 2.06 bits per heavy atom. The SMILES string of the molecule is CCNC1CCCC(c2cc(C)ccc2C)C1. The second-order valence-corrected chi connectivity index (χ2v) is 5.48. The van der Waals surface area contributed by atoms with Crippen LogP contribution in [-0.4, -0.2) is 12.6 Å². The van der Waals surface area contributed by atoms with Crippen LogP contribution in [0.5, 0.6) is 0 Å². The third-order valence-corrected chi connectivity index (χ3v) is 4.04. The van der Waals surface area contributed by atoms with Crippen LogP contribution in [0.3, 0.4) is 0 Å². The van der Waals surface area contributed by atoms with Crippen molar-refractivity contribution in [3.63, 3.8) is 0 Å². The lowest BCUT2D eigenvalue weighted by molar-refractivity contribution is 0.344. The highest BCUT2D eigenvalue weighted by atomic mass is 14.9. The maximum Gasteiger partial charge on any atom is 0.00727 e. The molecule has 2 atom stereocenters. The molecule has 2 unspecified atom stereocenters. The van der Waals surface area contributed by atoms with Crippen molar-refractivity contribution in [1.29, 1.82) is 0 Å². The van der Waals surface area contributed by atoms with Gasteiger partial charge in [-0.25, -0.2) is 0 Å². The summed E-state index contributed by atoms with van der Waals surface area (Å²) >= 11 is 0. The minimum absolute atomic E-state index is 0.735. The van der Waals surface area contributed by atoms with Crippen molar-refractivity contribution in [2.45, 2.75) is 58.4 Å². The van der Waals surface area contributed by atoms with Crippen molar-refractivity contribution >= 4 is 0 Å². The van der Waals surface area contributed by atoms with Crippen molar-refractivity contribution in [2.75, 3.05) is 6.54 Å². The topological polar surface area (TPSA) is 12.0 Å². The van der Waals surface area contributed by atoms with E-state index < -0.39 is 0 Å². The van der Waals surface area contributed by atoms with Crippen LogP contribution in [0.1, 0.15) is 55.2 Å². The van der Waals surface area contributed by atoms with Crippen LogP contribution in [0, 0.1) is 13.8 Å². The maximum absolute atomic E-state index is 3.62. The van der Waals surface area contributed by atoms with Gasteiger partial charge in [0, 0.05) is 6.04 Å². The second-order valence-electron chi connectivity index (χ2n) is 5.48. The number of hydrogen-bond donors (Lipinski definition) is 1. The molecular weight excluding hydrogens is 206 g/mol. The number of hydrogen-bond acceptors (Lipinski definition) is 1. The Morgan fingerprint density at radius 3 is 2.82 bits per heavy atom. The summed E-state index contributed by atoms with van der Waals surface area (Å²) in [7, 11) is 0. The third-order valence-electron chi connectivity index (χ3n) is 4.04. The van der Waals surface area contributed by atoms with E-state index in [1.807, 2.05) is 0 Å². The first-order valence-electron chi connectivity index (χ1n) is 7.01. The van der Waals surface area contributed by atoms with Gasteiger partial charge in [-0.3, -0.25) is 0 Å². The van der Waals surface area contributed by atoms with Gasteiger partial charge in [0.05, 0.1) is 0 Å². The van der Waals surface area contributed by atoms with Crippen molar-refractivity contribution in [3.8, 4) is 0 Å². The first kappa shape index (κ1) is 12.6. The zero-order valence-corrected chi connectivity index (χ0v) is 11.4. The number of nitrogens with one attached hydrogen (secondary N) is 1. The van der Waals surface area contributed by atoms with E-state index in [-0.39, 0.29) is 0 Å². The quantitative estimate of drug-likeness (QED) is 0.831. The van der Waals surface area contributed by atoms with Gasteiger partial charge in [-0.05, 0) is 56.7 Å². The average molecular weight is 231 g/mol. The molecule has 0 spiro atoms. The van der Waals surface area contributed by atoms with Gasteiger partial charge in [0.15, 0.2) is 0 Å². The van der Waals surface area contributed by atoms with Gasteiger partial charge in [0.2, 0.25) is 0 Å². The molecule has 2 rings (SSSR count). The third kappa shape index (κ3) is 3.10. The Hall–Kier alpha value is -0.820. The molecule has 1 fully saturated rings. The second kappa shape index (κ2) is 5.68. The molecule has 0 radical (unpaired) electrons. The minimum Gasteiger partial charge on any atom is -0.314 e. The van der Waals surface area contributed by atoms with Gasteiger partial charge in [0.1, 0.15) is 0 Å². The molecule has 1 aromatic rings. The number of benzene rings is 1. The van der Waals surface area contributed by atoms with E-state index in [0.717, 1.165) is 18.5 Å². The lowest BCUT2D eigenvalue weighted by Crippen LogP contribution is -2.33. The average Bonchev–Trinajstić information content (AvgIpc) is 2.33. The van der Waals surface area contributed by atoms with Crippen LogP contribution >= 0.6 is 0 Å². The first-order valence-corrected chi connectivity index (χ1v) is 7.01. The summed E-state index contributed by atoms with van der Waals surface area (Å²) in [6.07, 6.45) is 5.41. The van der Waals surface area contributed by atoms with E-state index in [4.69, 9.17) is 0 Å². The molecule has 0 saturated heterocycles. The summed E-state index contributed by atoms with van der Waals surface area (Å²) in [4.78, 5) is 0. The number of rotatable bonds is 3. The van der Waals surface area contributed by atoms with Crippen LogP contribution in [-0.2, 0) is 0 Å². The largest absolute Gasteiger partial charge is 0.314 e. The summed E-state index contributed by atoms with van der Waals surface area (Å²) in [5.41, 5.74) is 4.46. The van der Waals surface area contributed by atoms with E-state index in [1.165, 1.54) is 36.8 Å². The van der Waals surface area contributed by atoms with E-state index in [1.54, 1.807) is 5.56 Å². The lowest BCUT2D eigenvalue weighted by Gasteiger charge is -2.31. The monoisotopic (exact) mass is 231 g/mol. The highest BCUT2D eigenvalue weighted by Gasteiger charge is 2.23. The minimum atomic E-state index is 0.735. The molecule has 1 nitrogen and oxygen atoms in total. The van der Waals surface area contributed by atoms with Gasteiger partial charge < -0.3 is 5.32 Å². The summed E-state index contributed by atoms with van der Waals surface area (Å²) in [5, 5.41) is 3.62. The van der Waals surface area contributed by atoms with Gasteiger partial charge >= 0.3 is 0 Å². The normalized spacial score (nSPS) is 24.9. The van der Waals surface area contributed by atoms with E-state index in [2.05, 4.69) is 44.3 Å². The van der Waals surface area contributed by atoms with Gasteiger partial charge in [-0.1, -0.05) is 37.1 Å². The Labute approximate surface area is 106 Å². The molecule has 1 N–H and O–H groups in total. The maximum atomic E-state index is 3.62. The summed E-state index contributed by atoms with van der Waals surface area (Å²) in [6.45, 7) is 7.77. The summed E-state index contributed by atoms with van der Waals surface area (Å²) < 4.78 is 0. The summed E-state index contributed by atoms with van der Waals surface area (Å²) in [5.74, 6) is 0.771. The smallest absolute Gasteiger partial charge is 0.00727 e. The predicted octanol–water partition coefficient (Wildman–Crippen LogP) is 3.94. The van der Waals surface area contributed by atoms with Gasteiger partial charge in [-0.2, -0.15) is 0 Å².